The summed E-state index contributed by atoms with van der Waals surface area (Å²) >= 11 is 1.75. The van der Waals surface area contributed by atoms with Crippen LogP contribution in [0.5, 0.6) is 0 Å². The Morgan fingerprint density at radius 1 is 0.833 bits per heavy atom. The van der Waals surface area contributed by atoms with Crippen LogP contribution in [0.3, 0.4) is 0 Å². The van der Waals surface area contributed by atoms with E-state index >= 15 is 0 Å². The predicted octanol–water partition coefficient (Wildman–Crippen LogP) is 5.43. The van der Waals surface area contributed by atoms with E-state index in [9.17, 15) is 0 Å². The van der Waals surface area contributed by atoms with Crippen LogP contribution in [0, 0.1) is 0 Å². The summed E-state index contributed by atoms with van der Waals surface area (Å²) in [5.41, 5.74) is 1.14. The van der Waals surface area contributed by atoms with E-state index in [1.54, 1.807) is 11.8 Å². The van der Waals surface area contributed by atoms with E-state index < -0.39 is 0 Å². The summed E-state index contributed by atoms with van der Waals surface area (Å²) in [7, 11) is 0. The molecule has 24 heavy (non-hydrogen) atoms. The molecule has 0 saturated carbocycles. The molecule has 0 aliphatic rings. The summed E-state index contributed by atoms with van der Waals surface area (Å²) in [6.45, 7) is 13.6. The van der Waals surface area contributed by atoms with Gasteiger partial charge in [0.2, 0.25) is 0 Å². The maximum Gasteiger partial charge on any atom is 0.0718 e. The summed E-state index contributed by atoms with van der Waals surface area (Å²) in [4.78, 5) is 0. The van der Waals surface area contributed by atoms with E-state index in [4.69, 9.17) is 14.2 Å². The summed E-state index contributed by atoms with van der Waals surface area (Å²) in [6.07, 6.45) is 5.01. The van der Waals surface area contributed by atoms with Crippen LogP contribution in [0.15, 0.2) is 30.3 Å². The molecule has 1 aromatic rings. The zero-order valence-electron chi connectivity index (χ0n) is 16.8. The highest BCUT2D eigenvalue weighted by atomic mass is 32.2. The zero-order valence-corrected chi connectivity index (χ0v) is 17.6. The number of thioether (sulfide) groups is 1. The van der Waals surface area contributed by atoms with Gasteiger partial charge in [0.25, 0.3) is 0 Å². The van der Waals surface area contributed by atoms with Crippen molar-refractivity contribution in [1.82, 2.24) is 0 Å². The molecular weight excluding hydrogens is 320 g/mol. The van der Waals surface area contributed by atoms with Crippen molar-refractivity contribution in [1.29, 1.82) is 0 Å². The zero-order chi connectivity index (χ0) is 18.7. The van der Waals surface area contributed by atoms with Gasteiger partial charge < -0.3 is 14.2 Å². The third kappa shape index (κ3) is 21.4. The van der Waals surface area contributed by atoms with Gasteiger partial charge in [0, 0.05) is 13.2 Å². The Kier molecular flexibility index (Phi) is 20.1. The van der Waals surface area contributed by atoms with Crippen LogP contribution in [-0.4, -0.2) is 44.5 Å². The van der Waals surface area contributed by atoms with E-state index in [2.05, 4.69) is 32.9 Å². The third-order valence-electron chi connectivity index (χ3n) is 2.45. The van der Waals surface area contributed by atoms with E-state index in [0.717, 1.165) is 19.6 Å². The average Bonchev–Trinajstić information content (AvgIpc) is 2.56. The largest absolute Gasteiger partial charge is 0.379 e. The Bertz CT molecular complexity index is 336. The molecule has 0 unspecified atom stereocenters. The van der Waals surface area contributed by atoms with Crippen LogP contribution in [-0.2, 0) is 20.8 Å². The maximum absolute atomic E-state index is 5.60. The van der Waals surface area contributed by atoms with Gasteiger partial charge in [0.15, 0.2) is 0 Å². The molecule has 0 radical (unpaired) electrons. The number of benzene rings is 1. The van der Waals surface area contributed by atoms with Gasteiger partial charge in [-0.25, -0.2) is 0 Å². The Balaban J connectivity index is 0. The minimum Gasteiger partial charge on any atom is -0.379 e. The molecule has 0 spiro atoms. The average molecular weight is 359 g/mol. The lowest BCUT2D eigenvalue weighted by atomic mass is 10.2. The van der Waals surface area contributed by atoms with E-state index in [1.807, 2.05) is 44.6 Å². The molecule has 0 atom stereocenters. The van der Waals surface area contributed by atoms with Gasteiger partial charge in [-0.15, -0.1) is 0 Å². The van der Waals surface area contributed by atoms with Crippen LogP contribution in [0.25, 0.3) is 0 Å². The monoisotopic (exact) mass is 358 g/mol. The molecule has 142 valence electrons. The molecule has 0 heterocycles. The number of ether oxygens (including phenoxy) is 3. The van der Waals surface area contributed by atoms with Crippen molar-refractivity contribution in [3.8, 4) is 0 Å². The molecule has 0 bridgehead atoms. The molecule has 0 fully saturated rings. The van der Waals surface area contributed by atoms with E-state index in [1.165, 1.54) is 5.56 Å². The van der Waals surface area contributed by atoms with Crippen LogP contribution in [0.4, 0.5) is 0 Å². The fourth-order valence-corrected chi connectivity index (χ4v) is 1.52. The first-order valence-electron chi connectivity index (χ1n) is 8.73. The fourth-order valence-electron chi connectivity index (χ4n) is 1.52. The third-order valence-corrected chi connectivity index (χ3v) is 2.45. The van der Waals surface area contributed by atoms with Gasteiger partial charge in [0.1, 0.15) is 0 Å². The van der Waals surface area contributed by atoms with Gasteiger partial charge in [-0.05, 0) is 45.3 Å². The summed E-state index contributed by atoms with van der Waals surface area (Å²) in [6, 6.07) is 10.2. The summed E-state index contributed by atoms with van der Waals surface area (Å²) < 4.78 is 16.6. The predicted molar refractivity (Wildman–Crippen MR) is 108 cm³/mol. The molecule has 0 aliphatic carbocycles. The Hall–Kier alpha value is -0.550. The van der Waals surface area contributed by atoms with Crippen molar-refractivity contribution in [2.45, 2.75) is 53.2 Å². The number of hydrogen-bond acceptors (Lipinski definition) is 4. The van der Waals surface area contributed by atoms with Crippen molar-refractivity contribution < 1.29 is 14.2 Å². The highest BCUT2D eigenvalue weighted by Gasteiger charge is 2.08. The SMILES string of the molecule is CC.CC(C)(C)OCCCOCCOCc1ccccc1.CSC. The van der Waals surface area contributed by atoms with Gasteiger partial charge in [-0.2, -0.15) is 11.8 Å². The fraction of sp³-hybridized carbons (Fsp3) is 0.700. The van der Waals surface area contributed by atoms with Crippen LogP contribution >= 0.6 is 11.8 Å². The molecule has 3 nitrogen and oxygen atoms in total. The normalized spacial score (nSPS) is 10.3. The minimum absolute atomic E-state index is 0.0568. The molecule has 0 aliphatic heterocycles. The highest BCUT2D eigenvalue weighted by Crippen LogP contribution is 2.06. The summed E-state index contributed by atoms with van der Waals surface area (Å²) in [5.74, 6) is 0. The number of rotatable bonds is 9. The van der Waals surface area contributed by atoms with Crippen molar-refractivity contribution in [3.63, 3.8) is 0 Å². The molecule has 4 heteroatoms. The van der Waals surface area contributed by atoms with Crippen molar-refractivity contribution in [3.05, 3.63) is 35.9 Å². The van der Waals surface area contributed by atoms with Gasteiger partial charge in [-0.1, -0.05) is 44.2 Å². The Morgan fingerprint density at radius 3 is 1.92 bits per heavy atom. The lowest BCUT2D eigenvalue weighted by molar-refractivity contribution is -0.0189. The lowest BCUT2D eigenvalue weighted by Crippen LogP contribution is -2.20. The van der Waals surface area contributed by atoms with Gasteiger partial charge >= 0.3 is 0 Å². The Morgan fingerprint density at radius 2 is 1.38 bits per heavy atom. The quantitative estimate of drug-likeness (QED) is 0.550. The first kappa shape index (κ1) is 25.7. The topological polar surface area (TPSA) is 27.7 Å². The molecule has 0 amide bonds. The molecule has 0 N–H and O–H groups in total. The second kappa shape index (κ2) is 18.8. The molecule has 0 saturated heterocycles. The number of hydrogen-bond donors (Lipinski definition) is 0. The highest BCUT2D eigenvalue weighted by molar-refractivity contribution is 7.97. The Labute approximate surface area is 154 Å². The molecular formula is C20H38O3S. The van der Waals surface area contributed by atoms with Crippen molar-refractivity contribution >= 4 is 11.8 Å². The lowest BCUT2D eigenvalue weighted by Gasteiger charge is -2.19. The van der Waals surface area contributed by atoms with Gasteiger partial charge in [-0.3, -0.25) is 0 Å². The first-order chi connectivity index (χ1) is 11.5. The minimum atomic E-state index is -0.0568. The van der Waals surface area contributed by atoms with Crippen molar-refractivity contribution in [2.75, 3.05) is 38.9 Å². The van der Waals surface area contributed by atoms with Crippen LogP contribution < -0.4 is 0 Å². The van der Waals surface area contributed by atoms with Crippen LogP contribution in [0.1, 0.15) is 46.6 Å². The smallest absolute Gasteiger partial charge is 0.0718 e. The van der Waals surface area contributed by atoms with Crippen LogP contribution in [0.2, 0.25) is 0 Å². The second-order valence-electron chi connectivity index (χ2n) is 5.87. The second-order valence-corrected chi connectivity index (χ2v) is 6.69. The molecule has 1 rings (SSSR count). The van der Waals surface area contributed by atoms with E-state index in [-0.39, 0.29) is 5.60 Å². The van der Waals surface area contributed by atoms with Gasteiger partial charge in [0.05, 0.1) is 25.4 Å². The first-order valence-corrected chi connectivity index (χ1v) is 10.4. The summed E-state index contributed by atoms with van der Waals surface area (Å²) in [5, 5.41) is 0. The standard InChI is InChI=1S/C16H26O3.C2H6S.C2H6/c1-16(2,3)19-11-7-10-17-12-13-18-14-15-8-5-4-6-9-15;1-3-2;1-2/h4-6,8-9H,7,10-14H2,1-3H3;1-2H3;1-2H3. The van der Waals surface area contributed by atoms with E-state index in [0.29, 0.717) is 19.8 Å². The molecule has 1 aromatic carbocycles. The molecule has 0 aromatic heterocycles. The maximum atomic E-state index is 5.60. The van der Waals surface area contributed by atoms with Crippen molar-refractivity contribution in [2.24, 2.45) is 0 Å².